The predicted octanol–water partition coefficient (Wildman–Crippen LogP) is 1.65. The lowest BCUT2D eigenvalue weighted by atomic mass is 10.2. The molecule has 1 N–H and O–H groups in total. The van der Waals surface area contributed by atoms with Crippen LogP contribution in [0.4, 0.5) is 0 Å². The van der Waals surface area contributed by atoms with E-state index >= 15 is 0 Å². The standard InChI is InChI=1S/C13H26N2O/c1-3-4-8-15(2)9-7-14-11-13-6-5-10-16-12-13/h6,14H,3-5,7-12H2,1-2H3. The molecule has 1 aliphatic rings. The Morgan fingerprint density at radius 2 is 2.31 bits per heavy atom. The highest BCUT2D eigenvalue weighted by Gasteiger charge is 2.03. The number of rotatable bonds is 8. The van der Waals surface area contributed by atoms with Crippen molar-refractivity contribution in [1.29, 1.82) is 0 Å². The Morgan fingerprint density at radius 1 is 1.44 bits per heavy atom. The van der Waals surface area contributed by atoms with E-state index in [1.807, 2.05) is 0 Å². The zero-order valence-electron chi connectivity index (χ0n) is 10.8. The van der Waals surface area contributed by atoms with Gasteiger partial charge in [-0.1, -0.05) is 19.4 Å². The molecule has 0 saturated carbocycles. The summed E-state index contributed by atoms with van der Waals surface area (Å²) in [6.45, 7) is 8.35. The van der Waals surface area contributed by atoms with E-state index in [2.05, 4.69) is 30.3 Å². The van der Waals surface area contributed by atoms with Crippen LogP contribution in [-0.2, 0) is 4.74 Å². The average molecular weight is 226 g/mol. The van der Waals surface area contributed by atoms with Gasteiger partial charge in [0, 0.05) is 19.6 Å². The van der Waals surface area contributed by atoms with Crippen LogP contribution in [0.2, 0.25) is 0 Å². The van der Waals surface area contributed by atoms with Gasteiger partial charge in [0.05, 0.1) is 13.2 Å². The molecule has 0 saturated heterocycles. The zero-order valence-corrected chi connectivity index (χ0v) is 10.8. The Morgan fingerprint density at radius 3 is 3.00 bits per heavy atom. The number of nitrogens with zero attached hydrogens (tertiary/aromatic N) is 1. The quantitative estimate of drug-likeness (QED) is 0.503. The van der Waals surface area contributed by atoms with Gasteiger partial charge in [-0.05, 0) is 32.0 Å². The van der Waals surface area contributed by atoms with Crippen LogP contribution in [0.25, 0.3) is 0 Å². The molecular weight excluding hydrogens is 200 g/mol. The predicted molar refractivity (Wildman–Crippen MR) is 68.8 cm³/mol. The summed E-state index contributed by atoms with van der Waals surface area (Å²) in [4.78, 5) is 2.39. The van der Waals surface area contributed by atoms with E-state index in [1.54, 1.807) is 0 Å². The Bertz CT molecular complexity index is 204. The molecule has 0 aromatic carbocycles. The van der Waals surface area contributed by atoms with Gasteiger partial charge >= 0.3 is 0 Å². The summed E-state index contributed by atoms with van der Waals surface area (Å²) in [5, 5.41) is 3.47. The van der Waals surface area contributed by atoms with Crippen molar-refractivity contribution in [2.45, 2.75) is 26.2 Å². The fourth-order valence-corrected chi connectivity index (χ4v) is 1.79. The molecule has 0 fully saturated rings. The third-order valence-electron chi connectivity index (χ3n) is 2.90. The van der Waals surface area contributed by atoms with Crippen molar-refractivity contribution >= 4 is 0 Å². The van der Waals surface area contributed by atoms with Gasteiger partial charge in [0.15, 0.2) is 0 Å². The van der Waals surface area contributed by atoms with Crippen LogP contribution in [0.5, 0.6) is 0 Å². The highest BCUT2D eigenvalue weighted by molar-refractivity contribution is 5.06. The third kappa shape index (κ3) is 6.26. The third-order valence-corrected chi connectivity index (χ3v) is 2.90. The number of ether oxygens (including phenoxy) is 1. The summed E-state index contributed by atoms with van der Waals surface area (Å²) in [5.41, 5.74) is 1.41. The second-order valence-corrected chi connectivity index (χ2v) is 4.54. The summed E-state index contributed by atoms with van der Waals surface area (Å²) < 4.78 is 5.39. The molecule has 0 aromatic heterocycles. The van der Waals surface area contributed by atoms with Crippen molar-refractivity contribution in [1.82, 2.24) is 10.2 Å². The Kier molecular flexibility index (Phi) is 7.47. The molecule has 3 nitrogen and oxygen atoms in total. The lowest BCUT2D eigenvalue weighted by Gasteiger charge is -2.18. The molecule has 16 heavy (non-hydrogen) atoms. The molecule has 0 unspecified atom stereocenters. The summed E-state index contributed by atoms with van der Waals surface area (Å²) in [7, 11) is 2.19. The van der Waals surface area contributed by atoms with Gasteiger partial charge in [-0.15, -0.1) is 0 Å². The van der Waals surface area contributed by atoms with Crippen molar-refractivity contribution in [2.75, 3.05) is 46.4 Å². The molecule has 0 spiro atoms. The largest absolute Gasteiger partial charge is 0.377 e. The number of unbranched alkanes of at least 4 members (excludes halogenated alkanes) is 1. The summed E-state index contributed by atoms with van der Waals surface area (Å²) in [5.74, 6) is 0. The molecule has 0 radical (unpaired) electrons. The first-order chi connectivity index (χ1) is 7.83. The summed E-state index contributed by atoms with van der Waals surface area (Å²) >= 11 is 0. The molecule has 3 heteroatoms. The van der Waals surface area contributed by atoms with E-state index in [9.17, 15) is 0 Å². The number of hydrogen-bond donors (Lipinski definition) is 1. The van der Waals surface area contributed by atoms with Crippen molar-refractivity contribution in [3.8, 4) is 0 Å². The van der Waals surface area contributed by atoms with Crippen LogP contribution in [0.3, 0.4) is 0 Å². The first-order valence-electron chi connectivity index (χ1n) is 6.48. The van der Waals surface area contributed by atoms with Gasteiger partial charge in [0.25, 0.3) is 0 Å². The Labute approximate surface area is 99.8 Å². The summed E-state index contributed by atoms with van der Waals surface area (Å²) in [6.07, 6.45) is 5.96. The van der Waals surface area contributed by atoms with E-state index in [4.69, 9.17) is 4.74 Å². The molecule has 1 heterocycles. The van der Waals surface area contributed by atoms with Crippen molar-refractivity contribution in [2.24, 2.45) is 0 Å². The lowest BCUT2D eigenvalue weighted by molar-refractivity contribution is 0.148. The topological polar surface area (TPSA) is 24.5 Å². The van der Waals surface area contributed by atoms with E-state index in [0.717, 1.165) is 39.3 Å². The fourth-order valence-electron chi connectivity index (χ4n) is 1.79. The zero-order chi connectivity index (χ0) is 11.6. The van der Waals surface area contributed by atoms with Crippen LogP contribution < -0.4 is 5.32 Å². The Balaban J connectivity index is 1.96. The normalized spacial score (nSPS) is 16.6. The van der Waals surface area contributed by atoms with Crippen LogP contribution in [-0.4, -0.2) is 51.3 Å². The maximum atomic E-state index is 5.39. The van der Waals surface area contributed by atoms with Gasteiger partial charge in [-0.25, -0.2) is 0 Å². The van der Waals surface area contributed by atoms with Gasteiger partial charge < -0.3 is 15.0 Å². The first-order valence-corrected chi connectivity index (χ1v) is 6.48. The minimum Gasteiger partial charge on any atom is -0.377 e. The first kappa shape index (κ1) is 13.7. The molecule has 0 aliphatic carbocycles. The maximum Gasteiger partial charge on any atom is 0.0689 e. The van der Waals surface area contributed by atoms with E-state index in [1.165, 1.54) is 25.0 Å². The lowest BCUT2D eigenvalue weighted by Crippen LogP contribution is -2.31. The van der Waals surface area contributed by atoms with Crippen molar-refractivity contribution in [3.05, 3.63) is 11.6 Å². The second kappa shape index (κ2) is 8.74. The van der Waals surface area contributed by atoms with Crippen LogP contribution in [0, 0.1) is 0 Å². The highest BCUT2D eigenvalue weighted by atomic mass is 16.5. The molecule has 0 amide bonds. The molecule has 94 valence electrons. The molecular formula is C13H26N2O. The van der Waals surface area contributed by atoms with E-state index in [-0.39, 0.29) is 0 Å². The van der Waals surface area contributed by atoms with Crippen LogP contribution >= 0.6 is 0 Å². The second-order valence-electron chi connectivity index (χ2n) is 4.54. The van der Waals surface area contributed by atoms with Gasteiger partial charge in [-0.2, -0.15) is 0 Å². The molecule has 0 bridgehead atoms. The monoisotopic (exact) mass is 226 g/mol. The molecule has 0 atom stereocenters. The minimum atomic E-state index is 0.818. The molecule has 0 aromatic rings. The van der Waals surface area contributed by atoms with Crippen LogP contribution in [0.15, 0.2) is 11.6 Å². The summed E-state index contributed by atoms with van der Waals surface area (Å²) in [6, 6.07) is 0. The number of likely N-dealkylation sites (N-methyl/N-ethyl adjacent to an activating group) is 1. The van der Waals surface area contributed by atoms with Gasteiger partial charge in [0.2, 0.25) is 0 Å². The van der Waals surface area contributed by atoms with E-state index < -0.39 is 0 Å². The van der Waals surface area contributed by atoms with Gasteiger partial charge in [0.1, 0.15) is 0 Å². The van der Waals surface area contributed by atoms with Crippen molar-refractivity contribution in [3.63, 3.8) is 0 Å². The minimum absolute atomic E-state index is 0.818. The smallest absolute Gasteiger partial charge is 0.0689 e. The Hall–Kier alpha value is -0.380. The SMILES string of the molecule is CCCCN(C)CCNCC1=CCCOC1. The van der Waals surface area contributed by atoms with Crippen LogP contribution in [0.1, 0.15) is 26.2 Å². The number of hydrogen-bond acceptors (Lipinski definition) is 3. The van der Waals surface area contributed by atoms with Gasteiger partial charge in [-0.3, -0.25) is 0 Å². The fraction of sp³-hybridized carbons (Fsp3) is 0.846. The molecule has 1 rings (SSSR count). The molecule has 1 aliphatic heterocycles. The van der Waals surface area contributed by atoms with Crippen molar-refractivity contribution < 1.29 is 4.74 Å². The highest BCUT2D eigenvalue weighted by Crippen LogP contribution is 2.03. The average Bonchev–Trinajstić information content (AvgIpc) is 2.33. The maximum absolute atomic E-state index is 5.39. The van der Waals surface area contributed by atoms with E-state index in [0.29, 0.717) is 0 Å². The number of nitrogens with one attached hydrogen (secondary N) is 1.